The molecule has 2 aromatic carbocycles. The van der Waals surface area contributed by atoms with Crippen molar-refractivity contribution in [2.45, 2.75) is 37.7 Å². The van der Waals surface area contributed by atoms with Crippen LogP contribution in [0.3, 0.4) is 0 Å². The van der Waals surface area contributed by atoms with E-state index in [0.717, 1.165) is 18.2 Å². The third kappa shape index (κ3) is 3.33. The number of morpholine rings is 1. The summed E-state index contributed by atoms with van der Waals surface area (Å²) in [5.74, 6) is -1.62. The fourth-order valence-corrected chi connectivity index (χ4v) is 5.04. The van der Waals surface area contributed by atoms with Crippen LogP contribution in [0.2, 0.25) is 0 Å². The van der Waals surface area contributed by atoms with Crippen LogP contribution in [-0.4, -0.2) is 43.9 Å². The Labute approximate surface area is 200 Å². The van der Waals surface area contributed by atoms with Crippen LogP contribution in [-0.2, 0) is 17.3 Å². The number of benzene rings is 2. The Kier molecular flexibility index (Phi) is 3.92. The SMILES string of the molecule is [2H]C([2H])([2H])[C@H]1CN(C(=O)c2cc3c(cc2F)nc(N)c2cncn23)[C@H]2c3ccc(C(F)(F)F)cc3C[C@H]2O1. The minimum absolute atomic E-state index is 0.0284. The Balaban J connectivity index is 1.47. The summed E-state index contributed by atoms with van der Waals surface area (Å²) in [4.78, 5) is 23.2. The summed E-state index contributed by atoms with van der Waals surface area (Å²) in [6.45, 7) is -3.03. The molecule has 4 aromatic rings. The van der Waals surface area contributed by atoms with Crippen molar-refractivity contribution in [3.05, 3.63) is 70.9 Å². The maximum atomic E-state index is 15.3. The number of hydrogen-bond donors (Lipinski definition) is 1. The zero-order valence-corrected chi connectivity index (χ0v) is 17.9. The predicted octanol–water partition coefficient (Wildman–Crippen LogP) is 4.15. The van der Waals surface area contributed by atoms with Crippen LogP contribution in [0.5, 0.6) is 0 Å². The predicted molar refractivity (Wildman–Crippen MR) is 118 cm³/mol. The van der Waals surface area contributed by atoms with Gasteiger partial charge in [-0.05, 0) is 36.2 Å². The van der Waals surface area contributed by atoms with E-state index in [1.807, 2.05) is 0 Å². The van der Waals surface area contributed by atoms with E-state index in [4.69, 9.17) is 14.6 Å². The van der Waals surface area contributed by atoms with Gasteiger partial charge >= 0.3 is 6.18 Å². The van der Waals surface area contributed by atoms with E-state index in [0.29, 0.717) is 16.6 Å². The lowest BCUT2D eigenvalue weighted by atomic mass is 10.0. The molecule has 0 spiro atoms. The molecule has 1 fully saturated rings. The fraction of sp³-hybridized carbons (Fsp3) is 0.292. The third-order valence-corrected chi connectivity index (χ3v) is 6.56. The first-order chi connectivity index (χ1) is 17.8. The highest BCUT2D eigenvalue weighted by molar-refractivity contribution is 5.99. The van der Waals surface area contributed by atoms with E-state index < -0.39 is 55.1 Å². The van der Waals surface area contributed by atoms with Gasteiger partial charge in [0.2, 0.25) is 0 Å². The van der Waals surface area contributed by atoms with Gasteiger partial charge < -0.3 is 15.4 Å². The molecule has 1 amide bonds. The van der Waals surface area contributed by atoms with Crippen molar-refractivity contribution in [1.29, 1.82) is 0 Å². The first-order valence-electron chi connectivity index (χ1n) is 12.2. The van der Waals surface area contributed by atoms with E-state index in [2.05, 4.69) is 9.97 Å². The van der Waals surface area contributed by atoms with Crippen molar-refractivity contribution in [2.75, 3.05) is 12.3 Å². The molecule has 1 saturated heterocycles. The molecule has 180 valence electrons. The highest BCUT2D eigenvalue weighted by atomic mass is 19.4. The van der Waals surface area contributed by atoms with Gasteiger partial charge in [-0.1, -0.05) is 6.07 Å². The van der Waals surface area contributed by atoms with Crippen LogP contribution in [0.15, 0.2) is 42.9 Å². The van der Waals surface area contributed by atoms with Gasteiger partial charge in [-0.15, -0.1) is 0 Å². The van der Waals surface area contributed by atoms with E-state index >= 15 is 4.39 Å². The van der Waals surface area contributed by atoms with Gasteiger partial charge in [-0.2, -0.15) is 13.2 Å². The molecule has 2 aromatic heterocycles. The summed E-state index contributed by atoms with van der Waals surface area (Å²) in [5.41, 5.74) is 6.35. The van der Waals surface area contributed by atoms with Crippen molar-refractivity contribution in [2.24, 2.45) is 0 Å². The molecule has 0 unspecified atom stereocenters. The van der Waals surface area contributed by atoms with E-state index in [1.165, 1.54) is 29.6 Å². The number of carbonyl (C=O) groups excluding carboxylic acids is 1. The number of nitrogens with zero attached hydrogens (tertiary/aromatic N) is 4. The number of fused-ring (bicyclic) bond motifs is 6. The van der Waals surface area contributed by atoms with Gasteiger partial charge in [0.25, 0.3) is 5.91 Å². The maximum Gasteiger partial charge on any atom is 0.416 e. The number of imidazole rings is 1. The summed E-state index contributed by atoms with van der Waals surface area (Å²) >= 11 is 0. The molecule has 2 aliphatic rings. The molecule has 2 N–H and O–H groups in total. The number of aromatic nitrogens is 3. The lowest BCUT2D eigenvalue weighted by Crippen LogP contribution is -2.50. The summed E-state index contributed by atoms with van der Waals surface area (Å²) in [6.07, 6.45) is -4.03. The molecule has 7 nitrogen and oxygen atoms in total. The number of hydrogen-bond acceptors (Lipinski definition) is 5. The van der Waals surface area contributed by atoms with Crippen LogP contribution in [0.1, 0.15) is 44.1 Å². The zero-order valence-electron chi connectivity index (χ0n) is 20.9. The Bertz CT molecular complexity index is 1620. The van der Waals surface area contributed by atoms with E-state index in [1.54, 1.807) is 4.40 Å². The molecule has 0 saturated carbocycles. The highest BCUT2D eigenvalue weighted by Crippen LogP contribution is 2.44. The number of ether oxygens (including phenoxy) is 1. The molecule has 1 aliphatic heterocycles. The molecule has 35 heavy (non-hydrogen) atoms. The van der Waals surface area contributed by atoms with Gasteiger partial charge in [0, 0.05) is 23.1 Å². The molecule has 0 radical (unpaired) electrons. The molecule has 6 rings (SSSR count). The Hall–Kier alpha value is -3.73. The third-order valence-electron chi connectivity index (χ3n) is 6.56. The van der Waals surface area contributed by atoms with Gasteiger partial charge in [0.1, 0.15) is 17.2 Å². The number of nitrogens with two attached hydrogens (primary N) is 1. The van der Waals surface area contributed by atoms with Crippen molar-refractivity contribution < 1.29 is 31.2 Å². The number of nitrogen functional groups attached to an aromatic ring is 1. The summed E-state index contributed by atoms with van der Waals surface area (Å²) in [7, 11) is 0. The van der Waals surface area contributed by atoms with Crippen molar-refractivity contribution >= 4 is 28.3 Å². The first-order valence-corrected chi connectivity index (χ1v) is 10.7. The quantitative estimate of drug-likeness (QED) is 0.407. The monoisotopic (exact) mass is 488 g/mol. The molecule has 3 heterocycles. The van der Waals surface area contributed by atoms with Gasteiger partial charge in [0.15, 0.2) is 0 Å². The lowest BCUT2D eigenvalue weighted by molar-refractivity contribution is -0.137. The van der Waals surface area contributed by atoms with Gasteiger partial charge in [-0.25, -0.2) is 14.4 Å². The second kappa shape index (κ2) is 7.38. The second-order valence-electron chi connectivity index (χ2n) is 8.65. The van der Waals surface area contributed by atoms with E-state index in [-0.39, 0.29) is 28.9 Å². The van der Waals surface area contributed by atoms with Crippen LogP contribution in [0.25, 0.3) is 16.6 Å². The van der Waals surface area contributed by atoms with Crippen LogP contribution >= 0.6 is 0 Å². The summed E-state index contributed by atoms with van der Waals surface area (Å²) in [6, 6.07) is 4.59. The Morgan fingerprint density at radius 3 is 2.86 bits per heavy atom. The Morgan fingerprint density at radius 1 is 1.26 bits per heavy atom. The number of halogens is 4. The second-order valence-corrected chi connectivity index (χ2v) is 8.65. The number of rotatable bonds is 1. The molecular formula is C24H19F4N5O2. The van der Waals surface area contributed by atoms with Crippen molar-refractivity contribution in [3.8, 4) is 0 Å². The van der Waals surface area contributed by atoms with Crippen LogP contribution in [0.4, 0.5) is 23.4 Å². The number of carbonyl (C=O) groups is 1. The number of anilines is 1. The average Bonchev–Trinajstić information content (AvgIpc) is 3.46. The lowest BCUT2D eigenvalue weighted by Gasteiger charge is -2.41. The molecule has 1 aliphatic carbocycles. The normalized spacial score (nSPS) is 23.6. The zero-order chi connectivity index (χ0) is 27.1. The maximum absolute atomic E-state index is 15.3. The molecular weight excluding hydrogens is 466 g/mol. The summed E-state index contributed by atoms with van der Waals surface area (Å²) < 4.78 is 86.2. The smallest absolute Gasteiger partial charge is 0.382 e. The van der Waals surface area contributed by atoms with Crippen molar-refractivity contribution in [3.63, 3.8) is 0 Å². The topological polar surface area (TPSA) is 85.8 Å². The van der Waals surface area contributed by atoms with Crippen LogP contribution < -0.4 is 5.73 Å². The largest absolute Gasteiger partial charge is 0.416 e. The molecule has 3 atom stereocenters. The minimum atomic E-state index is -4.58. The van der Waals surface area contributed by atoms with Gasteiger partial charge in [0.05, 0.1) is 52.9 Å². The first kappa shape index (κ1) is 18.6. The van der Waals surface area contributed by atoms with Crippen molar-refractivity contribution in [1.82, 2.24) is 19.3 Å². The fourth-order valence-electron chi connectivity index (χ4n) is 5.04. The number of amides is 1. The Morgan fingerprint density at radius 2 is 2.09 bits per heavy atom. The number of alkyl halides is 3. The minimum Gasteiger partial charge on any atom is -0.382 e. The van der Waals surface area contributed by atoms with E-state index in [9.17, 15) is 18.0 Å². The average molecular weight is 488 g/mol. The summed E-state index contributed by atoms with van der Waals surface area (Å²) in [5, 5.41) is 0. The standard InChI is InChI=1S/C24H19F4N5O2/c1-11-9-32(21-14-3-2-13(24(26,27)28)4-12(14)5-20(21)35-11)23(34)15-6-18-17(7-16(15)25)31-22(29)19-8-30-10-33(18)19/h2-4,6-8,10-11,20-21H,5,9H2,1H3,(H2,29,31)/t11-,20+,21-/m0/s1/i1D3. The molecule has 11 heteroatoms. The van der Waals surface area contributed by atoms with Gasteiger partial charge in [-0.3, -0.25) is 9.20 Å². The van der Waals surface area contributed by atoms with Crippen LogP contribution in [0, 0.1) is 5.82 Å². The highest BCUT2D eigenvalue weighted by Gasteiger charge is 2.45. The molecule has 0 bridgehead atoms.